The second-order valence-corrected chi connectivity index (χ2v) is 9.33. The van der Waals surface area contributed by atoms with Crippen LogP contribution in [0.15, 0.2) is 58.2 Å². The Labute approximate surface area is 195 Å². The minimum Gasteiger partial charge on any atom is -0.493 e. The molecule has 3 aromatic rings. The van der Waals surface area contributed by atoms with Gasteiger partial charge in [-0.25, -0.2) is 0 Å². The quantitative estimate of drug-likeness (QED) is 0.256. The fourth-order valence-electron chi connectivity index (χ4n) is 3.05. The number of thioether (sulfide) groups is 1. The van der Waals surface area contributed by atoms with Gasteiger partial charge in [0.05, 0.1) is 12.9 Å². The van der Waals surface area contributed by atoms with Crippen LogP contribution < -0.4 is 9.47 Å². The molecule has 1 aromatic heterocycles. The molecule has 164 valence electrons. The smallest absolute Gasteiger partial charge is 0.191 e. The first-order valence-electron chi connectivity index (χ1n) is 10.0. The zero-order chi connectivity index (χ0) is 22.4. The normalized spacial score (nSPS) is 12.1. The molecule has 0 bridgehead atoms. The zero-order valence-electron chi connectivity index (χ0n) is 18.0. The Morgan fingerprint density at radius 1 is 1.06 bits per heavy atom. The highest BCUT2D eigenvalue weighted by atomic mass is 79.9. The molecule has 0 amide bonds. The number of hydrogen-bond donors (Lipinski definition) is 0. The Hall–Kier alpha value is -2.32. The molecule has 1 atom stereocenters. The van der Waals surface area contributed by atoms with Gasteiger partial charge >= 0.3 is 0 Å². The Kier molecular flexibility index (Phi) is 8.15. The number of ketones is 1. The summed E-state index contributed by atoms with van der Waals surface area (Å²) in [6.45, 7) is 6.94. The van der Waals surface area contributed by atoms with Crippen molar-refractivity contribution in [1.82, 2.24) is 14.8 Å². The molecule has 1 unspecified atom stereocenters. The topological polar surface area (TPSA) is 66.2 Å². The van der Waals surface area contributed by atoms with Gasteiger partial charge in [0.25, 0.3) is 0 Å². The summed E-state index contributed by atoms with van der Waals surface area (Å²) in [5.41, 5.74) is 0.679. The first-order valence-corrected chi connectivity index (χ1v) is 11.8. The molecule has 0 aliphatic carbocycles. The summed E-state index contributed by atoms with van der Waals surface area (Å²) in [4.78, 5) is 12.6. The van der Waals surface area contributed by atoms with Gasteiger partial charge in [-0.2, -0.15) is 0 Å². The second kappa shape index (κ2) is 10.8. The summed E-state index contributed by atoms with van der Waals surface area (Å²) >= 11 is 4.79. The molecule has 0 N–H and O–H groups in total. The lowest BCUT2D eigenvalue weighted by Gasteiger charge is -2.19. The number of Topliss-reactive ketones (excluding diaryl/α,β-unsaturated/α-hetero) is 1. The van der Waals surface area contributed by atoms with Crippen molar-refractivity contribution in [1.29, 1.82) is 0 Å². The van der Waals surface area contributed by atoms with Gasteiger partial charge < -0.3 is 14.0 Å². The molecule has 0 aliphatic heterocycles. The van der Waals surface area contributed by atoms with Crippen LogP contribution in [0.2, 0.25) is 0 Å². The minimum atomic E-state index is -0.334. The number of benzene rings is 2. The fraction of sp³-hybridized carbons (Fsp3) is 0.348. The molecule has 31 heavy (non-hydrogen) atoms. The Balaban J connectivity index is 1.77. The standard InChI is InChI=1S/C23H26BrN3O3S/c1-15(2)13-27-22(16(3)30-21-8-6-5-7-20(21)29-4)25-26-23(27)31-14-19(28)17-9-11-18(24)12-10-17/h5-12,15-16H,13-14H2,1-4H3. The number of methoxy groups -OCH3 is 1. The lowest BCUT2D eigenvalue weighted by Crippen LogP contribution is -2.16. The highest BCUT2D eigenvalue weighted by Gasteiger charge is 2.22. The van der Waals surface area contributed by atoms with Crippen LogP contribution in [0.5, 0.6) is 11.5 Å². The number of nitrogens with zero attached hydrogens (tertiary/aromatic N) is 3. The first kappa shape index (κ1) is 23.3. The minimum absolute atomic E-state index is 0.0523. The van der Waals surface area contributed by atoms with Crippen LogP contribution in [-0.2, 0) is 6.54 Å². The predicted molar refractivity (Wildman–Crippen MR) is 126 cm³/mol. The van der Waals surface area contributed by atoms with Gasteiger partial charge in [0.1, 0.15) is 0 Å². The largest absolute Gasteiger partial charge is 0.493 e. The van der Waals surface area contributed by atoms with Gasteiger partial charge in [-0.05, 0) is 37.1 Å². The van der Waals surface area contributed by atoms with Crippen LogP contribution >= 0.6 is 27.7 Å². The van der Waals surface area contributed by atoms with E-state index in [0.717, 1.165) is 16.8 Å². The SMILES string of the molecule is COc1ccccc1OC(C)c1nnc(SCC(=O)c2ccc(Br)cc2)n1CC(C)C. The summed E-state index contributed by atoms with van der Waals surface area (Å²) < 4.78 is 14.5. The monoisotopic (exact) mass is 503 g/mol. The number of hydrogen-bond acceptors (Lipinski definition) is 6. The summed E-state index contributed by atoms with van der Waals surface area (Å²) in [6.07, 6.45) is -0.334. The third-order valence-corrected chi connectivity index (χ3v) is 6.02. The van der Waals surface area contributed by atoms with Gasteiger partial charge in [-0.1, -0.05) is 65.8 Å². The average molecular weight is 504 g/mol. The number of carbonyl (C=O) groups is 1. The average Bonchev–Trinajstić information content (AvgIpc) is 3.14. The van der Waals surface area contributed by atoms with Gasteiger partial charge in [-0.15, -0.1) is 10.2 Å². The predicted octanol–water partition coefficient (Wildman–Crippen LogP) is 5.82. The summed E-state index contributed by atoms with van der Waals surface area (Å²) in [7, 11) is 1.62. The molecule has 0 spiro atoms. The Morgan fingerprint density at radius 2 is 1.74 bits per heavy atom. The van der Waals surface area contributed by atoms with Crippen molar-refractivity contribution in [3.8, 4) is 11.5 Å². The molecular formula is C23H26BrN3O3S. The molecule has 1 heterocycles. The lowest BCUT2D eigenvalue weighted by molar-refractivity contribution is 0.102. The Morgan fingerprint density at radius 3 is 2.39 bits per heavy atom. The number of carbonyl (C=O) groups excluding carboxylic acids is 1. The van der Waals surface area contributed by atoms with E-state index in [4.69, 9.17) is 9.47 Å². The molecule has 3 rings (SSSR count). The fourth-order valence-corrected chi connectivity index (χ4v) is 4.17. The second-order valence-electron chi connectivity index (χ2n) is 7.47. The van der Waals surface area contributed by atoms with E-state index in [-0.39, 0.29) is 11.9 Å². The van der Waals surface area contributed by atoms with Crippen molar-refractivity contribution in [2.45, 2.75) is 38.6 Å². The zero-order valence-corrected chi connectivity index (χ0v) is 20.4. The van der Waals surface area contributed by atoms with E-state index in [0.29, 0.717) is 33.9 Å². The van der Waals surface area contributed by atoms with E-state index < -0.39 is 0 Å². The Bertz CT molecular complexity index is 1020. The molecule has 6 nitrogen and oxygen atoms in total. The maximum Gasteiger partial charge on any atom is 0.191 e. The van der Waals surface area contributed by atoms with E-state index in [9.17, 15) is 4.79 Å². The molecule has 0 radical (unpaired) electrons. The van der Waals surface area contributed by atoms with Crippen molar-refractivity contribution in [2.75, 3.05) is 12.9 Å². The van der Waals surface area contributed by atoms with Crippen LogP contribution in [0.4, 0.5) is 0 Å². The van der Waals surface area contributed by atoms with Crippen molar-refractivity contribution in [2.24, 2.45) is 5.92 Å². The molecule has 2 aromatic carbocycles. The van der Waals surface area contributed by atoms with Crippen LogP contribution in [0.1, 0.15) is 43.1 Å². The molecule has 0 saturated carbocycles. The summed E-state index contributed by atoms with van der Waals surface area (Å²) in [5, 5.41) is 9.46. The molecule has 0 saturated heterocycles. The van der Waals surface area contributed by atoms with E-state index in [1.54, 1.807) is 7.11 Å². The number of para-hydroxylation sites is 2. The van der Waals surface area contributed by atoms with Crippen LogP contribution in [0.25, 0.3) is 0 Å². The highest BCUT2D eigenvalue weighted by Crippen LogP contribution is 2.31. The lowest BCUT2D eigenvalue weighted by atomic mass is 10.2. The molecule has 0 fully saturated rings. The molecule has 0 aliphatic rings. The van der Waals surface area contributed by atoms with E-state index in [1.807, 2.05) is 60.0 Å². The number of halogens is 1. The van der Waals surface area contributed by atoms with Crippen LogP contribution in [-0.4, -0.2) is 33.4 Å². The number of ether oxygens (including phenoxy) is 2. The van der Waals surface area contributed by atoms with E-state index in [2.05, 4.69) is 40.0 Å². The molecular weight excluding hydrogens is 478 g/mol. The number of aromatic nitrogens is 3. The maximum atomic E-state index is 12.6. The third kappa shape index (κ3) is 6.11. The van der Waals surface area contributed by atoms with Crippen LogP contribution in [0.3, 0.4) is 0 Å². The summed E-state index contributed by atoms with van der Waals surface area (Å²) in [5.74, 6) is 2.76. The van der Waals surface area contributed by atoms with Crippen molar-refractivity contribution in [3.05, 3.63) is 64.4 Å². The third-order valence-electron chi connectivity index (χ3n) is 4.53. The van der Waals surface area contributed by atoms with Crippen molar-refractivity contribution >= 4 is 33.5 Å². The van der Waals surface area contributed by atoms with Gasteiger partial charge in [0.2, 0.25) is 0 Å². The van der Waals surface area contributed by atoms with E-state index in [1.165, 1.54) is 11.8 Å². The highest BCUT2D eigenvalue weighted by molar-refractivity contribution is 9.10. The number of rotatable bonds is 10. The van der Waals surface area contributed by atoms with Gasteiger partial charge in [0, 0.05) is 16.6 Å². The molecule has 8 heteroatoms. The van der Waals surface area contributed by atoms with Crippen LogP contribution in [0, 0.1) is 5.92 Å². The first-order chi connectivity index (χ1) is 14.9. The van der Waals surface area contributed by atoms with Gasteiger partial charge in [0.15, 0.2) is 34.4 Å². The summed E-state index contributed by atoms with van der Waals surface area (Å²) in [6, 6.07) is 14.9. The maximum absolute atomic E-state index is 12.6. The van der Waals surface area contributed by atoms with Gasteiger partial charge in [-0.3, -0.25) is 4.79 Å². The van der Waals surface area contributed by atoms with Crippen molar-refractivity contribution in [3.63, 3.8) is 0 Å². The van der Waals surface area contributed by atoms with Crippen molar-refractivity contribution < 1.29 is 14.3 Å². The van der Waals surface area contributed by atoms with E-state index >= 15 is 0 Å².